The van der Waals surface area contributed by atoms with Crippen LogP contribution in [0.2, 0.25) is 0 Å². The minimum Gasteiger partial charge on any atom is -0.382 e. The first-order chi connectivity index (χ1) is 17.1. The van der Waals surface area contributed by atoms with E-state index < -0.39 is 59.3 Å². The summed E-state index contributed by atoms with van der Waals surface area (Å²) < 4.78 is 228. The van der Waals surface area contributed by atoms with Crippen molar-refractivity contribution >= 4 is 32.5 Å². The van der Waals surface area contributed by atoms with Crippen LogP contribution in [-0.2, 0) is 9.47 Å². The molecule has 0 aliphatic rings. The summed E-state index contributed by atoms with van der Waals surface area (Å²) in [7, 11) is 0. The van der Waals surface area contributed by atoms with E-state index in [1.165, 1.54) is 29.0 Å². The second-order valence-corrected chi connectivity index (χ2v) is 7.97. The number of halogens is 17. The molecule has 0 radical (unpaired) electrons. The maximum atomic E-state index is 14.7. The number of nitrogens with zero attached hydrogens (tertiary/aromatic N) is 2. The summed E-state index contributed by atoms with van der Waals surface area (Å²) in [6.45, 7) is 0. The third kappa shape index (κ3) is 5.64. The first-order valence-corrected chi connectivity index (χ1v) is 9.76. The molecular weight excluding hydrogens is 621 g/mol. The summed E-state index contributed by atoms with van der Waals surface area (Å²) in [5.41, 5.74) is 4.52. The van der Waals surface area contributed by atoms with E-state index in [9.17, 15) is 74.6 Å². The predicted molar refractivity (Wildman–Crippen MR) is 93.8 cm³/mol. The van der Waals surface area contributed by atoms with Gasteiger partial charge in [-0.3, -0.25) is 9.47 Å². The highest BCUT2D eigenvalue weighted by molar-refractivity contribution is 7.22. The number of ether oxygens (including phenoxy) is 2. The third-order valence-electron chi connectivity index (χ3n) is 4.19. The van der Waals surface area contributed by atoms with E-state index in [-0.39, 0.29) is 21.6 Å². The number of hydrogen-bond donors (Lipinski definition) is 1. The normalized spacial score (nSPS) is 18.2. The third-order valence-corrected chi connectivity index (χ3v) is 5.12. The molecule has 0 saturated carbocycles. The van der Waals surface area contributed by atoms with Crippen molar-refractivity contribution in [3.8, 4) is 0 Å². The highest BCUT2D eigenvalue weighted by Crippen LogP contribution is 2.56. The van der Waals surface area contributed by atoms with E-state index in [4.69, 9.17) is 0 Å². The average molecular weight is 627 g/mol. The van der Waals surface area contributed by atoms with Crippen molar-refractivity contribution in [2.75, 3.05) is 0 Å². The number of amidine groups is 1. The van der Waals surface area contributed by atoms with Crippen molar-refractivity contribution in [2.24, 2.45) is 10.7 Å². The van der Waals surface area contributed by atoms with E-state index in [0.717, 1.165) is 0 Å². The van der Waals surface area contributed by atoms with E-state index in [1.807, 2.05) is 0 Å². The molecule has 0 fully saturated rings. The standard InChI is InChI=1S/C16H6F17N3O2S/c17-9(12(21,22)23,7(34)36-8-35-5-3-1-2-4-6(5)39-8)37-16(32,33)11(20,14(27,28)29)38-15(30,31)10(18,19)13(24,25)26/h1-4H,(H2,34,35,36)/t9-,11+/m0/s1. The van der Waals surface area contributed by atoms with Crippen LogP contribution in [0.1, 0.15) is 0 Å². The Bertz CT molecular complexity index is 1190. The van der Waals surface area contributed by atoms with Crippen molar-refractivity contribution in [3.05, 3.63) is 24.3 Å². The number of thiazole rings is 1. The Morgan fingerprint density at radius 3 is 1.64 bits per heavy atom. The van der Waals surface area contributed by atoms with Gasteiger partial charge in [0.1, 0.15) is 0 Å². The number of nitrogens with two attached hydrogens (primary N) is 1. The Balaban J connectivity index is 2.64. The molecule has 39 heavy (non-hydrogen) atoms. The minimum absolute atomic E-state index is 0.0767. The molecule has 5 nitrogen and oxygen atoms in total. The van der Waals surface area contributed by atoms with Crippen LogP contribution in [0.15, 0.2) is 29.3 Å². The molecule has 0 unspecified atom stereocenters. The van der Waals surface area contributed by atoms with Gasteiger partial charge in [-0.1, -0.05) is 23.5 Å². The molecule has 0 spiro atoms. The Morgan fingerprint density at radius 2 is 1.21 bits per heavy atom. The molecule has 0 amide bonds. The number of aromatic nitrogens is 1. The summed E-state index contributed by atoms with van der Waals surface area (Å²) in [5, 5.41) is -1.01. The predicted octanol–water partition coefficient (Wildman–Crippen LogP) is 7.16. The summed E-state index contributed by atoms with van der Waals surface area (Å²) >= 11 is 0.270. The largest absolute Gasteiger partial charge is 0.462 e. The van der Waals surface area contributed by atoms with Gasteiger partial charge in [0.05, 0.1) is 10.2 Å². The highest BCUT2D eigenvalue weighted by Gasteiger charge is 2.85. The van der Waals surface area contributed by atoms with Gasteiger partial charge >= 0.3 is 48.4 Å². The van der Waals surface area contributed by atoms with Crippen LogP contribution in [0.3, 0.4) is 0 Å². The van der Waals surface area contributed by atoms with Gasteiger partial charge in [0.25, 0.3) is 0 Å². The molecule has 23 heteroatoms. The maximum absolute atomic E-state index is 14.7. The molecule has 1 heterocycles. The number of benzene rings is 1. The molecule has 0 aliphatic carbocycles. The zero-order valence-electron chi connectivity index (χ0n) is 17.4. The van der Waals surface area contributed by atoms with E-state index >= 15 is 0 Å². The van der Waals surface area contributed by atoms with Gasteiger partial charge in [-0.15, -0.1) is 0 Å². The SMILES string of the molecule is NC(=Nc1nc2ccccc2s1)[C@](F)(OC(F)(F)[C@](F)(OC(F)(F)C(F)(F)C(F)(F)F)C(F)(F)F)C(F)(F)F. The van der Waals surface area contributed by atoms with Crippen LogP contribution >= 0.6 is 11.3 Å². The van der Waals surface area contributed by atoms with Crippen LogP contribution in [0.4, 0.5) is 79.8 Å². The monoisotopic (exact) mass is 627 g/mol. The fourth-order valence-corrected chi connectivity index (χ4v) is 3.12. The molecule has 0 aliphatic heterocycles. The molecule has 2 rings (SSSR count). The Labute approximate surface area is 206 Å². The van der Waals surface area contributed by atoms with Gasteiger partial charge in [0.15, 0.2) is 5.84 Å². The van der Waals surface area contributed by atoms with Gasteiger partial charge in [0.2, 0.25) is 5.13 Å². The number of aliphatic imine (C=N–C) groups is 1. The summed E-state index contributed by atoms with van der Waals surface area (Å²) in [4.78, 5) is 6.03. The number of fused-ring (bicyclic) bond motifs is 1. The molecule has 1 aromatic heterocycles. The van der Waals surface area contributed by atoms with E-state index in [1.54, 1.807) is 0 Å². The lowest BCUT2D eigenvalue weighted by Gasteiger charge is -2.40. The van der Waals surface area contributed by atoms with Crippen LogP contribution in [0.5, 0.6) is 0 Å². The van der Waals surface area contributed by atoms with Crippen LogP contribution in [0.25, 0.3) is 10.2 Å². The first-order valence-electron chi connectivity index (χ1n) is 8.95. The molecule has 2 aromatic rings. The van der Waals surface area contributed by atoms with Gasteiger partial charge in [-0.25, -0.2) is 4.98 Å². The Kier molecular flexibility index (Phi) is 7.88. The van der Waals surface area contributed by atoms with Crippen molar-refractivity contribution in [3.63, 3.8) is 0 Å². The average Bonchev–Trinajstić information content (AvgIpc) is 3.12. The Hall–Kier alpha value is -2.69. The van der Waals surface area contributed by atoms with Gasteiger partial charge in [-0.05, 0) is 12.1 Å². The number of hydrogen-bond acceptors (Lipinski definition) is 5. The van der Waals surface area contributed by atoms with Gasteiger partial charge in [0, 0.05) is 0 Å². The maximum Gasteiger partial charge on any atom is 0.462 e. The molecule has 2 N–H and O–H groups in total. The second-order valence-electron chi connectivity index (χ2n) is 6.96. The molecule has 2 atom stereocenters. The topological polar surface area (TPSA) is 69.7 Å². The van der Waals surface area contributed by atoms with Crippen molar-refractivity contribution in [1.82, 2.24) is 4.98 Å². The summed E-state index contributed by atoms with van der Waals surface area (Å²) in [6, 6.07) is 5.03. The fourth-order valence-electron chi connectivity index (χ4n) is 2.27. The minimum atomic E-state index is -8.00. The van der Waals surface area contributed by atoms with Gasteiger partial charge in [-0.2, -0.15) is 79.6 Å². The molecule has 0 saturated heterocycles. The lowest BCUT2D eigenvalue weighted by Crippen LogP contribution is -2.68. The summed E-state index contributed by atoms with van der Waals surface area (Å²) in [5.74, 6) is -25.3. The first kappa shape index (κ1) is 32.5. The zero-order chi connectivity index (χ0) is 30.7. The number of rotatable bonds is 8. The molecule has 222 valence electrons. The van der Waals surface area contributed by atoms with Crippen molar-refractivity contribution < 1.29 is 84.1 Å². The van der Waals surface area contributed by atoms with Crippen LogP contribution in [-0.4, -0.2) is 59.2 Å². The lowest BCUT2D eigenvalue weighted by atomic mass is 10.2. The number of alkyl halides is 17. The lowest BCUT2D eigenvalue weighted by molar-refractivity contribution is -0.547. The van der Waals surface area contributed by atoms with E-state index in [2.05, 4.69) is 20.4 Å². The van der Waals surface area contributed by atoms with Crippen LogP contribution < -0.4 is 5.73 Å². The van der Waals surface area contributed by atoms with Gasteiger partial charge < -0.3 is 5.73 Å². The number of para-hydroxylation sites is 1. The molecule has 1 aromatic carbocycles. The second kappa shape index (κ2) is 9.45. The molecule has 0 bridgehead atoms. The molecular formula is C16H6F17N3O2S. The summed E-state index contributed by atoms with van der Waals surface area (Å²) in [6.07, 6.45) is -38.3. The van der Waals surface area contributed by atoms with Crippen LogP contribution in [0, 0.1) is 0 Å². The smallest absolute Gasteiger partial charge is 0.382 e. The Morgan fingerprint density at radius 1 is 0.692 bits per heavy atom. The van der Waals surface area contributed by atoms with E-state index in [0.29, 0.717) is 0 Å². The van der Waals surface area contributed by atoms with Crippen molar-refractivity contribution in [1.29, 1.82) is 0 Å². The quantitative estimate of drug-likeness (QED) is 0.192. The highest BCUT2D eigenvalue weighted by atomic mass is 32.1. The zero-order valence-corrected chi connectivity index (χ0v) is 18.2. The fraction of sp³-hybridized carbons (Fsp3) is 0.500. The van der Waals surface area contributed by atoms with Crippen molar-refractivity contribution in [2.45, 2.75) is 48.4 Å².